The van der Waals surface area contributed by atoms with Crippen LogP contribution in [0, 0.1) is 0 Å². The lowest BCUT2D eigenvalue weighted by Crippen LogP contribution is -2.52. The van der Waals surface area contributed by atoms with Crippen LogP contribution in [0.1, 0.15) is 10.4 Å². The molecule has 26 heavy (non-hydrogen) atoms. The fraction of sp³-hybridized carbons (Fsp3) is 0.462. The fourth-order valence-corrected chi connectivity index (χ4v) is 2.12. The van der Waals surface area contributed by atoms with Gasteiger partial charge in [-0.05, 0) is 24.3 Å². The van der Waals surface area contributed by atoms with Gasteiger partial charge in [0.1, 0.15) is 18.5 Å². The molecule has 0 aliphatic carbocycles. The van der Waals surface area contributed by atoms with Crippen LogP contribution in [-0.2, 0) is 19.6 Å². The average Bonchev–Trinajstić information content (AvgIpc) is 3.32. The van der Waals surface area contributed by atoms with Crippen molar-refractivity contribution in [3.8, 4) is 5.75 Å². The highest BCUT2D eigenvalue weighted by Crippen LogP contribution is 2.38. The largest absolute Gasteiger partial charge is 0.743 e. The predicted octanol–water partition coefficient (Wildman–Crippen LogP) is 1.69. The van der Waals surface area contributed by atoms with Gasteiger partial charge < -0.3 is 18.8 Å². The number of alkyl halides is 5. The average molecular weight is 405 g/mol. The van der Waals surface area contributed by atoms with Gasteiger partial charge in [0.15, 0.2) is 10.1 Å². The number of esters is 1. The molecule has 1 aromatic rings. The number of rotatable bonds is 7. The molecule has 1 saturated heterocycles. The van der Waals surface area contributed by atoms with Crippen molar-refractivity contribution < 1.29 is 53.9 Å². The van der Waals surface area contributed by atoms with Gasteiger partial charge in [0.2, 0.25) is 0 Å². The highest BCUT2D eigenvalue weighted by Gasteiger charge is 2.63. The molecule has 1 aliphatic heterocycles. The smallest absolute Gasteiger partial charge is 0.432 e. The SMILES string of the molecule is O=C(OC(C(F)(F)F)C(F)(F)S(=O)(=O)[O-])c1ccc(OCC2CO2)cc1. The fourth-order valence-electron chi connectivity index (χ4n) is 1.67. The van der Waals surface area contributed by atoms with Crippen LogP contribution < -0.4 is 4.74 Å². The summed E-state index contributed by atoms with van der Waals surface area (Å²) >= 11 is 0. The summed E-state index contributed by atoms with van der Waals surface area (Å²) in [6, 6.07) is 4.15. The van der Waals surface area contributed by atoms with Gasteiger partial charge in [0.25, 0.3) is 6.10 Å². The van der Waals surface area contributed by atoms with E-state index < -0.39 is 39.2 Å². The molecule has 2 atom stereocenters. The molecule has 0 radical (unpaired) electrons. The highest BCUT2D eigenvalue weighted by molar-refractivity contribution is 7.86. The first-order valence-electron chi connectivity index (χ1n) is 6.78. The third-order valence-corrected chi connectivity index (χ3v) is 3.97. The van der Waals surface area contributed by atoms with Crippen molar-refractivity contribution in [2.75, 3.05) is 13.2 Å². The molecule has 0 N–H and O–H groups in total. The number of hydrogen-bond donors (Lipinski definition) is 0. The second-order valence-corrected chi connectivity index (χ2v) is 6.59. The zero-order valence-corrected chi connectivity index (χ0v) is 13.4. The summed E-state index contributed by atoms with van der Waals surface area (Å²) < 4.78 is 109. The van der Waals surface area contributed by atoms with E-state index in [1.807, 2.05) is 0 Å². The number of hydrogen-bond acceptors (Lipinski definition) is 7. The molecule has 1 aromatic carbocycles. The first kappa shape index (κ1) is 20.3. The number of carbonyl (C=O) groups excluding carboxylic acids is 1. The van der Waals surface area contributed by atoms with Crippen molar-refractivity contribution in [2.45, 2.75) is 23.6 Å². The van der Waals surface area contributed by atoms with Gasteiger partial charge in [-0.15, -0.1) is 0 Å². The van der Waals surface area contributed by atoms with E-state index in [-0.39, 0.29) is 18.5 Å². The Morgan fingerprint density at radius 1 is 1.23 bits per heavy atom. The Bertz CT molecular complexity index is 756. The predicted molar refractivity (Wildman–Crippen MR) is 71.6 cm³/mol. The van der Waals surface area contributed by atoms with E-state index in [1.165, 1.54) is 0 Å². The van der Waals surface area contributed by atoms with E-state index in [0.29, 0.717) is 6.61 Å². The Hall–Kier alpha value is -1.99. The maximum atomic E-state index is 13.3. The molecule has 13 heteroatoms. The zero-order chi connectivity index (χ0) is 19.8. The van der Waals surface area contributed by atoms with E-state index in [9.17, 15) is 39.7 Å². The molecule has 0 amide bonds. The van der Waals surface area contributed by atoms with E-state index >= 15 is 0 Å². The van der Waals surface area contributed by atoms with Crippen LogP contribution in [-0.4, -0.2) is 55.8 Å². The first-order valence-corrected chi connectivity index (χ1v) is 8.18. The van der Waals surface area contributed by atoms with Gasteiger partial charge in [-0.2, -0.15) is 22.0 Å². The molecule has 1 fully saturated rings. The lowest BCUT2D eigenvalue weighted by Gasteiger charge is -2.29. The molecule has 0 saturated carbocycles. The zero-order valence-electron chi connectivity index (χ0n) is 12.5. The standard InChI is InChI=1S/C13H11F5O7S/c14-12(15,16)11(13(17,18)26(20,21)22)25-10(19)7-1-3-8(4-2-7)23-5-9-6-24-9/h1-4,9,11H,5-6H2,(H,20,21,22)/p-1. The van der Waals surface area contributed by atoms with Crippen LogP contribution in [0.25, 0.3) is 0 Å². The Morgan fingerprint density at radius 2 is 1.77 bits per heavy atom. The van der Waals surface area contributed by atoms with Crippen LogP contribution in [0.3, 0.4) is 0 Å². The molecule has 1 heterocycles. The van der Waals surface area contributed by atoms with Crippen LogP contribution in [0.2, 0.25) is 0 Å². The lowest BCUT2D eigenvalue weighted by atomic mass is 10.2. The number of epoxide rings is 1. The van der Waals surface area contributed by atoms with Gasteiger partial charge in [-0.3, -0.25) is 0 Å². The topological polar surface area (TPSA) is 105 Å². The molecule has 0 bridgehead atoms. The Balaban J connectivity index is 2.13. The maximum absolute atomic E-state index is 13.3. The third-order valence-electron chi connectivity index (χ3n) is 3.09. The molecule has 7 nitrogen and oxygen atoms in total. The molecule has 1 aliphatic rings. The van der Waals surface area contributed by atoms with Crippen LogP contribution in [0.15, 0.2) is 24.3 Å². The monoisotopic (exact) mass is 405 g/mol. The minimum absolute atomic E-state index is 0.0801. The van der Waals surface area contributed by atoms with Gasteiger partial charge in [-0.1, -0.05) is 0 Å². The minimum atomic E-state index is -6.74. The van der Waals surface area contributed by atoms with Crippen molar-refractivity contribution in [3.63, 3.8) is 0 Å². The normalized spacial score (nSPS) is 18.9. The molecule has 0 spiro atoms. The van der Waals surface area contributed by atoms with E-state index in [0.717, 1.165) is 24.3 Å². The van der Waals surface area contributed by atoms with Crippen LogP contribution in [0.5, 0.6) is 5.75 Å². The molecule has 0 aromatic heterocycles. The summed E-state index contributed by atoms with van der Waals surface area (Å²) in [6.45, 7) is 0.716. The van der Waals surface area contributed by atoms with Gasteiger partial charge in [-0.25, -0.2) is 13.2 Å². The molecule has 2 rings (SSSR count). The third kappa shape index (κ3) is 4.80. The van der Waals surface area contributed by atoms with Gasteiger partial charge in [0.05, 0.1) is 12.2 Å². The van der Waals surface area contributed by atoms with Crippen molar-refractivity contribution >= 4 is 16.1 Å². The Kier molecular flexibility index (Phi) is 5.44. The summed E-state index contributed by atoms with van der Waals surface area (Å²) in [4.78, 5) is 11.6. The number of ether oxygens (including phenoxy) is 3. The highest BCUT2D eigenvalue weighted by atomic mass is 32.2. The molecule has 2 unspecified atom stereocenters. The summed E-state index contributed by atoms with van der Waals surface area (Å²) in [7, 11) is -6.74. The number of benzene rings is 1. The molecular weight excluding hydrogens is 395 g/mol. The van der Waals surface area contributed by atoms with Crippen molar-refractivity contribution in [3.05, 3.63) is 29.8 Å². The Labute approximate surface area is 143 Å². The number of carbonyl (C=O) groups is 1. The van der Waals surface area contributed by atoms with E-state index in [4.69, 9.17) is 9.47 Å². The maximum Gasteiger partial charge on any atom is 0.432 e. The minimum Gasteiger partial charge on any atom is -0.743 e. The number of halogens is 5. The Morgan fingerprint density at radius 3 is 2.19 bits per heavy atom. The van der Waals surface area contributed by atoms with Crippen molar-refractivity contribution in [1.29, 1.82) is 0 Å². The van der Waals surface area contributed by atoms with Gasteiger partial charge >= 0.3 is 17.4 Å². The van der Waals surface area contributed by atoms with Crippen molar-refractivity contribution in [2.24, 2.45) is 0 Å². The molecule has 146 valence electrons. The second-order valence-electron chi connectivity index (χ2n) is 5.13. The second kappa shape index (κ2) is 6.96. The van der Waals surface area contributed by atoms with E-state index in [2.05, 4.69) is 4.74 Å². The summed E-state index contributed by atoms with van der Waals surface area (Å²) in [5.74, 6) is -1.68. The lowest BCUT2D eigenvalue weighted by molar-refractivity contribution is -0.248. The summed E-state index contributed by atoms with van der Waals surface area (Å²) in [6.07, 6.45) is -10.5. The van der Waals surface area contributed by atoms with Crippen LogP contribution >= 0.6 is 0 Å². The first-order chi connectivity index (χ1) is 11.8. The molecular formula is C13H10F5O7S-. The summed E-state index contributed by atoms with van der Waals surface area (Å²) in [5.41, 5.74) is -0.589. The van der Waals surface area contributed by atoms with Gasteiger partial charge in [0, 0.05) is 0 Å². The van der Waals surface area contributed by atoms with Crippen molar-refractivity contribution in [1.82, 2.24) is 0 Å². The quantitative estimate of drug-likeness (QED) is 0.294. The van der Waals surface area contributed by atoms with E-state index in [1.54, 1.807) is 0 Å². The van der Waals surface area contributed by atoms with Crippen LogP contribution in [0.4, 0.5) is 22.0 Å². The summed E-state index contributed by atoms with van der Waals surface area (Å²) in [5, 5.41) is -5.89.